The summed E-state index contributed by atoms with van der Waals surface area (Å²) in [5, 5.41) is 13.3. The van der Waals surface area contributed by atoms with Crippen LogP contribution in [0.1, 0.15) is 34.7 Å². The summed E-state index contributed by atoms with van der Waals surface area (Å²) in [6.45, 7) is 5.02. The molecule has 31 heavy (non-hydrogen) atoms. The highest BCUT2D eigenvalue weighted by molar-refractivity contribution is 8.00. The molecule has 2 atom stereocenters. The Kier molecular flexibility index (Phi) is 6.38. The number of benzene rings is 1. The first kappa shape index (κ1) is 22.3. The van der Waals surface area contributed by atoms with Crippen molar-refractivity contribution < 1.29 is 23.1 Å². The average Bonchev–Trinajstić information content (AvgIpc) is 3.29. The number of aryl methyl sites for hydroxylation is 1. The molecule has 1 aromatic heterocycles. The average molecular weight is 456 g/mol. The number of rotatable bonds is 6. The number of carbonyl (C=O) groups excluding carboxylic acids is 1. The van der Waals surface area contributed by atoms with Gasteiger partial charge < -0.3 is 5.11 Å². The second-order valence-corrected chi connectivity index (χ2v) is 8.73. The third-order valence-electron chi connectivity index (χ3n) is 5.68. The van der Waals surface area contributed by atoms with E-state index in [1.807, 2.05) is 6.92 Å². The zero-order valence-corrected chi connectivity index (χ0v) is 17.9. The van der Waals surface area contributed by atoms with Crippen LogP contribution in [0.15, 0.2) is 29.4 Å². The predicted molar refractivity (Wildman–Crippen MR) is 109 cm³/mol. The Bertz CT molecular complexity index is 943. The number of halogens is 3. The zero-order chi connectivity index (χ0) is 22.2. The van der Waals surface area contributed by atoms with E-state index < -0.39 is 23.0 Å². The van der Waals surface area contributed by atoms with E-state index in [4.69, 9.17) is 0 Å². The Labute approximate surface area is 182 Å². The monoisotopic (exact) mass is 455 g/mol. The molecule has 7 nitrogen and oxygen atoms in total. The van der Waals surface area contributed by atoms with Crippen LogP contribution in [0, 0.1) is 0 Å². The highest BCUT2D eigenvalue weighted by Gasteiger charge is 2.44. The number of aliphatic hydroxyl groups is 1. The van der Waals surface area contributed by atoms with Crippen molar-refractivity contribution in [3.05, 3.63) is 41.2 Å². The van der Waals surface area contributed by atoms with Crippen molar-refractivity contribution >= 4 is 17.7 Å². The number of aromatic nitrogens is 3. The first-order valence-corrected chi connectivity index (χ1v) is 11.1. The number of alkyl halides is 3. The largest absolute Gasteiger partial charge is 0.416 e. The molecule has 0 saturated carbocycles. The van der Waals surface area contributed by atoms with E-state index in [9.17, 15) is 23.1 Å². The number of piperazine rings is 1. The topological polar surface area (TPSA) is 74.5 Å². The maximum Gasteiger partial charge on any atom is 0.416 e. The second-order valence-electron chi connectivity index (χ2n) is 7.62. The molecule has 4 rings (SSSR count). The molecule has 2 aliphatic rings. The van der Waals surface area contributed by atoms with Crippen molar-refractivity contribution in [1.82, 2.24) is 24.6 Å². The van der Waals surface area contributed by atoms with Gasteiger partial charge in [-0.3, -0.25) is 14.6 Å². The fourth-order valence-electron chi connectivity index (χ4n) is 4.07. The van der Waals surface area contributed by atoms with E-state index in [0.717, 1.165) is 12.1 Å². The van der Waals surface area contributed by atoms with Crippen LogP contribution < -0.4 is 0 Å². The summed E-state index contributed by atoms with van der Waals surface area (Å²) in [5.74, 6) is 0.315. The lowest BCUT2D eigenvalue weighted by molar-refractivity contribution is -0.137. The Hall–Kier alpha value is -1.95. The second kappa shape index (κ2) is 8.89. The quantitative estimate of drug-likeness (QED) is 0.717. The van der Waals surface area contributed by atoms with Gasteiger partial charge in [-0.1, -0.05) is 30.8 Å². The Morgan fingerprint density at radius 2 is 2.00 bits per heavy atom. The van der Waals surface area contributed by atoms with Crippen molar-refractivity contribution in [2.24, 2.45) is 0 Å². The summed E-state index contributed by atoms with van der Waals surface area (Å²) in [5.41, 5.74) is -0.272. The minimum Gasteiger partial charge on any atom is -0.395 e. The number of aliphatic hydroxyl groups excluding tert-OH is 1. The van der Waals surface area contributed by atoms with Gasteiger partial charge in [-0.25, -0.2) is 4.98 Å². The molecule has 0 radical (unpaired) electrons. The fourth-order valence-corrected chi connectivity index (χ4v) is 5.35. The molecule has 1 aromatic carbocycles. The number of carbonyl (C=O) groups is 1. The first-order valence-electron chi connectivity index (χ1n) is 10.2. The summed E-state index contributed by atoms with van der Waals surface area (Å²) in [6.07, 6.45) is -3.86. The number of fused-ring (bicyclic) bond motifs is 1. The first-order chi connectivity index (χ1) is 14.8. The van der Waals surface area contributed by atoms with Gasteiger partial charge in [0.05, 0.1) is 18.2 Å². The smallest absolute Gasteiger partial charge is 0.395 e. The van der Waals surface area contributed by atoms with Gasteiger partial charge >= 0.3 is 6.18 Å². The number of hydrogen-bond donors (Lipinski definition) is 1. The van der Waals surface area contributed by atoms with Crippen LogP contribution in [0.3, 0.4) is 0 Å². The minimum atomic E-state index is -4.46. The van der Waals surface area contributed by atoms with Gasteiger partial charge in [-0.05, 0) is 17.7 Å². The summed E-state index contributed by atoms with van der Waals surface area (Å²) in [7, 11) is 0. The molecule has 2 aliphatic heterocycles. The van der Waals surface area contributed by atoms with Gasteiger partial charge in [0.2, 0.25) is 0 Å². The van der Waals surface area contributed by atoms with E-state index in [0.29, 0.717) is 55.7 Å². The molecule has 1 N–H and O–H groups in total. The SMILES string of the molecule is CCc1nc2n(n1)C(=O)C(C(c1cccc(C(F)(F)F)c1)N1CCN(CCO)CC1)S2. The zero-order valence-electron chi connectivity index (χ0n) is 17.0. The van der Waals surface area contributed by atoms with Crippen LogP contribution in [0.4, 0.5) is 13.2 Å². The van der Waals surface area contributed by atoms with Crippen molar-refractivity contribution in [3.63, 3.8) is 0 Å². The lowest BCUT2D eigenvalue weighted by Crippen LogP contribution is -2.51. The molecule has 2 unspecified atom stereocenters. The van der Waals surface area contributed by atoms with E-state index in [-0.39, 0.29) is 12.5 Å². The van der Waals surface area contributed by atoms with Crippen LogP contribution in [-0.2, 0) is 12.6 Å². The van der Waals surface area contributed by atoms with E-state index in [2.05, 4.69) is 19.9 Å². The molecular formula is C20H24F3N5O2S. The van der Waals surface area contributed by atoms with Crippen LogP contribution in [0.5, 0.6) is 0 Å². The maximum absolute atomic E-state index is 13.4. The third-order valence-corrected chi connectivity index (χ3v) is 6.87. The van der Waals surface area contributed by atoms with Crippen molar-refractivity contribution in [2.45, 2.75) is 36.0 Å². The van der Waals surface area contributed by atoms with E-state index in [1.54, 1.807) is 6.07 Å². The standard InChI is InChI=1S/C20H24F3N5O2S/c1-2-15-24-19-28(25-15)18(30)17(31-19)16(27-8-6-26(7-9-27)10-11-29)13-4-3-5-14(12-13)20(21,22)23/h3-5,12,16-17,29H,2,6-11H2,1H3. The molecule has 0 aliphatic carbocycles. The van der Waals surface area contributed by atoms with Crippen LogP contribution in [-0.4, -0.2) is 80.2 Å². The number of thioether (sulfide) groups is 1. The molecule has 1 saturated heterocycles. The van der Waals surface area contributed by atoms with Gasteiger partial charge in [0.1, 0.15) is 5.25 Å². The molecule has 2 aromatic rings. The van der Waals surface area contributed by atoms with E-state index >= 15 is 0 Å². The molecule has 3 heterocycles. The molecular weight excluding hydrogens is 431 g/mol. The summed E-state index contributed by atoms with van der Waals surface area (Å²) in [6, 6.07) is 4.70. The van der Waals surface area contributed by atoms with Gasteiger partial charge in [-0.2, -0.15) is 17.9 Å². The fraction of sp³-hybridized carbons (Fsp3) is 0.550. The van der Waals surface area contributed by atoms with Crippen LogP contribution in [0.2, 0.25) is 0 Å². The number of nitrogens with zero attached hydrogens (tertiary/aromatic N) is 5. The van der Waals surface area contributed by atoms with Gasteiger partial charge in [-0.15, -0.1) is 5.10 Å². The highest BCUT2D eigenvalue weighted by atomic mass is 32.2. The highest BCUT2D eigenvalue weighted by Crippen LogP contribution is 2.42. The summed E-state index contributed by atoms with van der Waals surface area (Å²) in [4.78, 5) is 21.7. The predicted octanol–water partition coefficient (Wildman–Crippen LogP) is 2.33. The number of β-amino-alcohol motifs (C(OH)–C–C–N with tert-alkyl or cyclic N) is 1. The molecule has 168 valence electrons. The molecule has 1 fully saturated rings. The molecule has 0 spiro atoms. The summed E-state index contributed by atoms with van der Waals surface area (Å²) < 4.78 is 41.4. The normalized spacial score (nSPS) is 21.5. The van der Waals surface area contributed by atoms with Crippen LogP contribution in [0.25, 0.3) is 0 Å². The molecule has 0 bridgehead atoms. The van der Waals surface area contributed by atoms with Crippen molar-refractivity contribution in [1.29, 1.82) is 0 Å². The third kappa shape index (κ3) is 4.50. The Morgan fingerprint density at radius 3 is 2.61 bits per heavy atom. The summed E-state index contributed by atoms with van der Waals surface area (Å²) >= 11 is 1.26. The van der Waals surface area contributed by atoms with Gasteiger partial charge in [0, 0.05) is 39.1 Å². The Balaban J connectivity index is 1.66. The lowest BCUT2D eigenvalue weighted by atomic mass is 9.98. The minimum absolute atomic E-state index is 0.0561. The van der Waals surface area contributed by atoms with E-state index in [1.165, 1.54) is 22.5 Å². The molecule has 0 amide bonds. The molecule has 11 heteroatoms. The van der Waals surface area contributed by atoms with Crippen molar-refractivity contribution in [2.75, 3.05) is 39.3 Å². The van der Waals surface area contributed by atoms with Crippen molar-refractivity contribution in [3.8, 4) is 0 Å². The van der Waals surface area contributed by atoms with Crippen LogP contribution >= 0.6 is 11.8 Å². The number of hydrogen-bond acceptors (Lipinski definition) is 7. The Morgan fingerprint density at radius 1 is 1.26 bits per heavy atom. The van der Waals surface area contributed by atoms with Gasteiger partial charge in [0.15, 0.2) is 11.0 Å². The lowest BCUT2D eigenvalue weighted by Gasteiger charge is -2.40. The maximum atomic E-state index is 13.4. The van der Waals surface area contributed by atoms with Gasteiger partial charge in [0.25, 0.3) is 5.91 Å².